The van der Waals surface area contributed by atoms with Crippen molar-refractivity contribution in [3.63, 3.8) is 0 Å². The number of rotatable bonds is 24. The molecule has 0 heterocycles. The summed E-state index contributed by atoms with van der Waals surface area (Å²) in [6, 6.07) is -6.27. The van der Waals surface area contributed by atoms with Crippen LogP contribution < -0.4 is 0 Å². The Morgan fingerprint density at radius 1 is 0.235 bits per heavy atom. The average molecular weight is 2040 g/mol. The molecule has 0 saturated carbocycles. The molecule has 0 spiro atoms. The highest BCUT2D eigenvalue weighted by molar-refractivity contribution is 7.82. The number of halogens is 54. The van der Waals surface area contributed by atoms with Crippen LogP contribution in [0.2, 0.25) is 0 Å². The van der Waals surface area contributed by atoms with E-state index in [0.717, 1.165) is 0 Å². The summed E-state index contributed by atoms with van der Waals surface area (Å²) in [6.45, 7) is -20.6. The Morgan fingerprint density at radius 3 is 0.522 bits per heavy atom. The molecule has 708 valence electrons. The predicted octanol–water partition coefficient (Wildman–Crippen LogP) is 15.0. The van der Waals surface area contributed by atoms with Gasteiger partial charge in [0.1, 0.15) is 0 Å². The maximum atomic E-state index is 13.6. The van der Waals surface area contributed by atoms with Crippen molar-refractivity contribution < 1.29 is 334 Å². The first-order valence-electron chi connectivity index (χ1n) is 21.3. The Labute approximate surface area is 599 Å². The van der Waals surface area contributed by atoms with E-state index >= 15 is 0 Å². The van der Waals surface area contributed by atoms with E-state index < -0.39 is 259 Å². The molecule has 86 heteroatoms. The predicted molar refractivity (Wildman–Crippen MR) is 248 cm³/mol. The molecule has 4 unspecified atom stereocenters. The van der Waals surface area contributed by atoms with Crippen LogP contribution in [0.4, 0.5) is 229 Å². The molecule has 0 aromatic heterocycles. The average Bonchev–Trinajstić information content (AvgIpc) is 0.740. The monoisotopic (exact) mass is 2040 g/mol. The number of ether oxygens (including phenoxy) is 6. The van der Waals surface area contributed by atoms with E-state index in [2.05, 4.69) is 23.7 Å². The third kappa shape index (κ3) is 84.3. The van der Waals surface area contributed by atoms with Crippen LogP contribution in [-0.2, 0) is 123 Å². The molecule has 0 rings (SSSR count). The summed E-state index contributed by atoms with van der Waals surface area (Å²) in [5.74, 6) is -42.7. The molecule has 0 aliphatic rings. The number of alkyl halides is 32. The number of hydrogen-bond donors (Lipinski definition) is 0. The summed E-state index contributed by atoms with van der Waals surface area (Å²) in [5.41, 5.74) is 0. The zero-order chi connectivity index (χ0) is 96.6. The first kappa shape index (κ1) is 138. The van der Waals surface area contributed by atoms with E-state index in [-0.39, 0.29) is 7.43 Å². The molecule has 0 aliphatic carbocycles. The van der Waals surface area contributed by atoms with E-state index in [1.54, 1.807) is 0 Å². The summed E-state index contributed by atoms with van der Waals surface area (Å²) < 4.78 is 772. The molecule has 115 heavy (non-hydrogen) atoms. The van der Waals surface area contributed by atoms with E-state index in [9.17, 15) is 239 Å². The van der Waals surface area contributed by atoms with Gasteiger partial charge < -0.3 is 9.47 Å². The SMILES string of the molecule is C.FCC(F)(CF)OC(F)(C(F)(F)F)C(F)(F)OC(F)=C(F)F.FCC(F)(CF)OC(F)=C(F)F.O=CC(F)(OC(F)(CF)CF)C(F)(F)F.O=CC(F)(OC(F)(F)C(F)(OC(F)(CF)CF)C(F)(F)F)C(F)(F)F.O=S(=O)(F)F.O=S(=O)(F)F.O=S(=O)(F)F.O=S(=O)(F)F.O=S(=O)(F)F.O=S(=O)(F)F.O=S(=O)(F)F.O=S(=O)(F)F. The molecular weight excluding hydrogens is 2010 g/mol. The van der Waals surface area contributed by atoms with Gasteiger partial charge in [0.05, 0.1) is 0 Å². The summed E-state index contributed by atoms with van der Waals surface area (Å²) in [6.07, 6.45) is -50.8. The van der Waals surface area contributed by atoms with Crippen LogP contribution in [0.15, 0.2) is 24.2 Å². The maximum absolute atomic E-state index is 13.6. The van der Waals surface area contributed by atoms with Crippen LogP contribution in [0.25, 0.3) is 0 Å². The Bertz CT molecular complexity index is 3380. The third-order valence-corrected chi connectivity index (χ3v) is 6.19. The number of carbonyl (C=O) groups is 2. The molecule has 0 aromatic rings. The lowest BCUT2D eigenvalue weighted by Gasteiger charge is -2.38. The van der Waals surface area contributed by atoms with Gasteiger partial charge >= 0.3 is 175 Å². The van der Waals surface area contributed by atoms with Crippen molar-refractivity contribution in [1.29, 1.82) is 0 Å². The molecule has 0 N–H and O–H groups in total. The van der Waals surface area contributed by atoms with Crippen LogP contribution in [-0.4, -0.2) is 217 Å². The second-order valence-electron chi connectivity index (χ2n) is 15.0. The fourth-order valence-electron chi connectivity index (χ4n) is 2.66. The van der Waals surface area contributed by atoms with Crippen molar-refractivity contribution in [3.8, 4) is 0 Å². The van der Waals surface area contributed by atoms with Crippen molar-refractivity contribution >= 4 is 97.4 Å². The molecule has 0 aromatic carbocycles. The van der Waals surface area contributed by atoms with Crippen LogP contribution in [0.5, 0.6) is 0 Å². The van der Waals surface area contributed by atoms with Crippen molar-refractivity contribution in [1.82, 2.24) is 0 Å². The van der Waals surface area contributed by atoms with Crippen molar-refractivity contribution in [3.05, 3.63) is 24.2 Å². The fraction of sp³-hybridized carbons (Fsp3) is 0.793. The summed E-state index contributed by atoms with van der Waals surface area (Å²) in [5, 5.41) is 0. The molecular formula is C29H22F54O24S8. The van der Waals surface area contributed by atoms with Crippen molar-refractivity contribution in [2.75, 3.05) is 53.4 Å². The first-order valence-corrected chi connectivity index (χ1v) is 31.5. The Hall–Kier alpha value is -5.92. The van der Waals surface area contributed by atoms with Gasteiger partial charge in [0.2, 0.25) is 0 Å². The van der Waals surface area contributed by atoms with Crippen molar-refractivity contribution in [2.24, 2.45) is 0 Å². The first-order chi connectivity index (χ1) is 48.6. The van der Waals surface area contributed by atoms with Crippen molar-refractivity contribution in [2.45, 2.75) is 91.2 Å². The van der Waals surface area contributed by atoms with Gasteiger partial charge in [-0.3, -0.25) is 28.5 Å². The van der Waals surface area contributed by atoms with E-state index in [0.29, 0.717) is 0 Å². The van der Waals surface area contributed by atoms with Gasteiger partial charge in [0.25, 0.3) is 17.6 Å². The zero-order valence-corrected chi connectivity index (χ0v) is 55.8. The number of aldehydes is 2. The second kappa shape index (κ2) is 52.2. The topological polar surface area (TPSA) is 363 Å². The van der Waals surface area contributed by atoms with Gasteiger partial charge in [-0.05, 0) is 0 Å². The van der Waals surface area contributed by atoms with Crippen LogP contribution in [0, 0.1) is 0 Å². The Kier molecular flexibility index (Phi) is 62.7. The standard InChI is InChI=1S/C9H5F13O3.C8H4F12O2.C6H5F7O2.C5H4F6O.CH4.8F2O2S/c10-1-4(12,2-11)24-6(14,8(18,19)20)9(21,22)25-5(13,3-23)7(15,16)17;9-1-5(14,2-10)22-6(15,7(16,17)18)8(19,20)21-4(13)3(11)12;7-1-4(9,2-8)15-5(10,3-14)6(11,12)13;6-1-5(11,2-7)12-4(10)3(8)9;;8*1-5(2,3)4/h3H,1-2H2;1-2H2;3H,1-2H2;1-2H2;1H4;;;;;;;;. The zero-order valence-electron chi connectivity index (χ0n) is 49.3. The minimum absolute atomic E-state index is 0. The molecule has 0 bridgehead atoms. The second-order valence-corrected chi connectivity index (χ2v) is 21.1. The van der Waals surface area contributed by atoms with Gasteiger partial charge in [0, 0.05) is 0 Å². The third-order valence-electron chi connectivity index (χ3n) is 6.19. The lowest BCUT2D eigenvalue weighted by atomic mass is 10.2. The molecule has 0 radical (unpaired) electrons. The summed E-state index contributed by atoms with van der Waals surface area (Å²) in [4.78, 5) is 19.7. The smallest absolute Gasteiger partial charge is 0.424 e. The summed E-state index contributed by atoms with van der Waals surface area (Å²) >= 11 is 0. The lowest BCUT2D eigenvalue weighted by Crippen LogP contribution is -2.65. The Morgan fingerprint density at radius 2 is 0.383 bits per heavy atom. The van der Waals surface area contributed by atoms with Gasteiger partial charge in [-0.1, -0.05) is 69.6 Å². The molecule has 0 aliphatic heterocycles. The molecule has 0 amide bonds. The van der Waals surface area contributed by atoms with Crippen LogP contribution >= 0.6 is 0 Å². The molecule has 4 atom stereocenters. The highest BCUT2D eigenvalue weighted by atomic mass is 32.3. The van der Waals surface area contributed by atoms with Gasteiger partial charge in [-0.2, -0.15) is 186 Å². The normalized spacial score (nSPS) is 14.7. The number of carbonyl (C=O) groups excluding carboxylic acids is 2. The van der Waals surface area contributed by atoms with E-state index in [1.807, 2.05) is 4.74 Å². The highest BCUT2D eigenvalue weighted by Crippen LogP contribution is 2.53. The van der Waals surface area contributed by atoms with Crippen LogP contribution in [0.1, 0.15) is 7.43 Å². The van der Waals surface area contributed by atoms with Gasteiger partial charge in [-0.15, -0.1) is 0 Å². The Balaban J connectivity index is -0.0000000955. The summed E-state index contributed by atoms with van der Waals surface area (Å²) in [7, 11) is -45.3. The highest BCUT2D eigenvalue weighted by Gasteiger charge is 2.81. The number of hydrogen-bond acceptors (Lipinski definition) is 24. The molecule has 0 fully saturated rings. The molecule has 0 saturated heterocycles. The van der Waals surface area contributed by atoms with E-state index in [1.165, 1.54) is 0 Å². The van der Waals surface area contributed by atoms with Gasteiger partial charge in [0.15, 0.2) is 66.0 Å². The van der Waals surface area contributed by atoms with E-state index in [4.69, 9.17) is 67.3 Å². The largest absolute Gasteiger partial charge is 0.476 e. The quantitative estimate of drug-likeness (QED) is 0.0375. The maximum Gasteiger partial charge on any atom is 0.476 e. The lowest BCUT2D eigenvalue weighted by molar-refractivity contribution is -0.514. The van der Waals surface area contributed by atoms with Crippen LogP contribution in [0.3, 0.4) is 0 Å². The molecule has 24 nitrogen and oxygen atoms in total. The van der Waals surface area contributed by atoms with Gasteiger partial charge in [-0.25, -0.2) is 48.3 Å². The minimum atomic E-state index is -7.20. The minimum Gasteiger partial charge on any atom is -0.424 e. The fourth-order valence-corrected chi connectivity index (χ4v) is 2.66.